The van der Waals surface area contributed by atoms with E-state index in [4.69, 9.17) is 5.10 Å². The van der Waals surface area contributed by atoms with Crippen molar-refractivity contribution >= 4 is 17.3 Å². The smallest absolute Gasteiger partial charge is 0.257 e. The fraction of sp³-hybridized carbons (Fsp3) is 0.103. The molecule has 1 aliphatic rings. The van der Waals surface area contributed by atoms with E-state index in [0.717, 1.165) is 28.1 Å². The van der Waals surface area contributed by atoms with E-state index >= 15 is 0 Å². The van der Waals surface area contributed by atoms with Crippen LogP contribution in [-0.4, -0.2) is 11.6 Å². The average Bonchev–Trinajstić information content (AvgIpc) is 3.17. The summed E-state index contributed by atoms with van der Waals surface area (Å²) in [7, 11) is 0. The Morgan fingerprint density at radius 1 is 0.625 bits per heavy atom. The summed E-state index contributed by atoms with van der Waals surface area (Å²) in [6.45, 7) is 1.97. The van der Waals surface area contributed by atoms with Gasteiger partial charge in [-0.15, -0.1) is 0 Å². The van der Waals surface area contributed by atoms with E-state index in [1.165, 1.54) is 0 Å². The Morgan fingerprint density at radius 3 is 1.41 bits per heavy atom. The van der Waals surface area contributed by atoms with Gasteiger partial charge in [0.05, 0.1) is 22.7 Å². The van der Waals surface area contributed by atoms with E-state index in [2.05, 4.69) is 36.4 Å². The summed E-state index contributed by atoms with van der Waals surface area (Å²) in [6.07, 6.45) is 0. The highest BCUT2D eigenvalue weighted by Crippen LogP contribution is 2.48. The molecule has 1 heterocycles. The predicted octanol–water partition coefficient (Wildman–Crippen LogP) is 6.06. The molecule has 1 aliphatic heterocycles. The van der Waals surface area contributed by atoms with Crippen molar-refractivity contribution in [2.24, 2.45) is 11.0 Å². The first-order chi connectivity index (χ1) is 15.7. The number of hydrogen-bond acceptors (Lipinski definition) is 2. The van der Waals surface area contributed by atoms with Gasteiger partial charge in [-0.1, -0.05) is 109 Å². The van der Waals surface area contributed by atoms with Crippen molar-refractivity contribution in [3.05, 3.63) is 138 Å². The topological polar surface area (TPSA) is 32.7 Å². The summed E-state index contributed by atoms with van der Waals surface area (Å²) in [4.78, 5) is 14.1. The Hall–Kier alpha value is -3.98. The van der Waals surface area contributed by atoms with Crippen LogP contribution in [-0.2, 0) is 10.2 Å². The van der Waals surface area contributed by atoms with E-state index in [9.17, 15) is 4.79 Å². The van der Waals surface area contributed by atoms with Gasteiger partial charge in [0, 0.05) is 0 Å². The molecule has 1 amide bonds. The van der Waals surface area contributed by atoms with E-state index in [1.54, 1.807) is 5.01 Å². The van der Waals surface area contributed by atoms with Crippen LogP contribution in [0.1, 0.15) is 23.6 Å². The summed E-state index contributed by atoms with van der Waals surface area (Å²) in [5.74, 6) is -0.500. The fourth-order valence-corrected chi connectivity index (χ4v) is 4.92. The predicted molar refractivity (Wildman–Crippen MR) is 130 cm³/mol. The first-order valence-corrected chi connectivity index (χ1v) is 10.8. The first-order valence-electron chi connectivity index (χ1n) is 10.8. The van der Waals surface area contributed by atoms with Crippen molar-refractivity contribution in [3.8, 4) is 0 Å². The van der Waals surface area contributed by atoms with Crippen LogP contribution < -0.4 is 5.01 Å². The lowest BCUT2D eigenvalue weighted by atomic mass is 9.60. The normalized spacial score (nSPS) is 16.2. The van der Waals surface area contributed by atoms with Crippen LogP contribution in [0.2, 0.25) is 0 Å². The average molecular weight is 417 g/mol. The quantitative estimate of drug-likeness (QED) is 0.364. The number of hydrazone groups is 1. The third-order valence-corrected chi connectivity index (χ3v) is 6.25. The van der Waals surface area contributed by atoms with Crippen LogP contribution in [0.25, 0.3) is 0 Å². The van der Waals surface area contributed by atoms with Gasteiger partial charge in [0.15, 0.2) is 0 Å². The molecule has 0 saturated carbocycles. The molecule has 4 aromatic carbocycles. The SMILES string of the molecule is CC1=NN(c2ccccc2)C(=O)C1C(c1ccccc1)(c1ccccc1)c1ccccc1. The van der Waals surface area contributed by atoms with Crippen LogP contribution in [0.4, 0.5) is 5.69 Å². The Labute approximate surface area is 188 Å². The standard InChI is InChI=1S/C29H24N2O/c1-22-27(28(32)31(30-22)26-20-12-5-13-21-26)29(23-14-6-2-7-15-23,24-16-8-3-9-17-24)25-18-10-4-11-19-25/h2-21,27H,1H3. The highest BCUT2D eigenvalue weighted by molar-refractivity contribution is 6.16. The molecule has 5 rings (SSSR count). The van der Waals surface area contributed by atoms with E-state index < -0.39 is 11.3 Å². The molecule has 3 heteroatoms. The zero-order chi connectivity index (χ0) is 22.0. The number of anilines is 1. The molecule has 0 fully saturated rings. The number of benzene rings is 4. The maximum absolute atomic E-state index is 14.1. The van der Waals surface area contributed by atoms with Gasteiger partial charge in [-0.3, -0.25) is 4.79 Å². The third kappa shape index (κ3) is 3.14. The molecule has 3 nitrogen and oxygen atoms in total. The van der Waals surface area contributed by atoms with Crippen LogP contribution in [0, 0.1) is 5.92 Å². The first kappa shape index (κ1) is 20.0. The minimum Gasteiger partial charge on any atom is -0.272 e. The van der Waals surface area contributed by atoms with Gasteiger partial charge in [0.25, 0.3) is 5.91 Å². The summed E-state index contributed by atoms with van der Waals surface area (Å²) in [6, 6.07) is 40.6. The van der Waals surface area contributed by atoms with Crippen molar-refractivity contribution in [3.63, 3.8) is 0 Å². The minimum atomic E-state index is -0.710. The highest BCUT2D eigenvalue weighted by atomic mass is 16.2. The lowest BCUT2D eigenvalue weighted by Crippen LogP contribution is -2.46. The molecule has 0 saturated heterocycles. The Bertz CT molecular complexity index is 1140. The van der Waals surface area contributed by atoms with E-state index in [-0.39, 0.29) is 5.91 Å². The van der Waals surface area contributed by atoms with Crippen molar-refractivity contribution in [1.29, 1.82) is 0 Å². The van der Waals surface area contributed by atoms with Gasteiger partial charge in [0.1, 0.15) is 0 Å². The van der Waals surface area contributed by atoms with Gasteiger partial charge in [-0.05, 0) is 35.7 Å². The zero-order valence-electron chi connectivity index (χ0n) is 17.9. The van der Waals surface area contributed by atoms with Crippen LogP contribution in [0.5, 0.6) is 0 Å². The second-order valence-corrected chi connectivity index (χ2v) is 8.07. The number of hydrogen-bond donors (Lipinski definition) is 0. The molecule has 1 unspecified atom stereocenters. The molecule has 0 aromatic heterocycles. The molecular formula is C29H24N2O. The molecule has 4 aromatic rings. The molecular weight excluding hydrogens is 392 g/mol. The number of rotatable bonds is 5. The summed E-state index contributed by atoms with van der Waals surface area (Å²) >= 11 is 0. The largest absolute Gasteiger partial charge is 0.272 e. The Kier molecular flexibility index (Phi) is 5.16. The zero-order valence-corrected chi connectivity index (χ0v) is 17.9. The molecule has 0 N–H and O–H groups in total. The molecule has 0 aliphatic carbocycles. The molecule has 0 spiro atoms. The number of amides is 1. The van der Waals surface area contributed by atoms with E-state index in [0.29, 0.717) is 0 Å². The molecule has 32 heavy (non-hydrogen) atoms. The van der Waals surface area contributed by atoms with Crippen LogP contribution >= 0.6 is 0 Å². The molecule has 1 atom stereocenters. The van der Waals surface area contributed by atoms with E-state index in [1.807, 2.05) is 91.9 Å². The van der Waals surface area contributed by atoms with Gasteiger partial charge in [0.2, 0.25) is 0 Å². The van der Waals surface area contributed by atoms with Crippen molar-refractivity contribution in [1.82, 2.24) is 0 Å². The number of nitrogens with zero attached hydrogens (tertiary/aromatic N) is 2. The Morgan fingerprint density at radius 2 is 1.00 bits per heavy atom. The van der Waals surface area contributed by atoms with Gasteiger partial charge in [-0.2, -0.15) is 5.10 Å². The monoisotopic (exact) mass is 416 g/mol. The second kappa shape index (κ2) is 8.27. The number of carbonyl (C=O) groups is 1. The van der Waals surface area contributed by atoms with Crippen molar-refractivity contribution < 1.29 is 4.79 Å². The van der Waals surface area contributed by atoms with Gasteiger partial charge in [-0.25, -0.2) is 5.01 Å². The summed E-state index contributed by atoms with van der Waals surface area (Å²) in [5, 5.41) is 6.32. The number of carbonyl (C=O) groups excluding carboxylic acids is 1. The molecule has 0 radical (unpaired) electrons. The molecule has 0 bridgehead atoms. The third-order valence-electron chi connectivity index (χ3n) is 6.25. The van der Waals surface area contributed by atoms with Crippen LogP contribution in [0.15, 0.2) is 126 Å². The van der Waals surface area contributed by atoms with Gasteiger partial charge < -0.3 is 0 Å². The maximum atomic E-state index is 14.1. The number of para-hydroxylation sites is 1. The minimum absolute atomic E-state index is 0.0229. The summed E-state index contributed by atoms with van der Waals surface area (Å²) in [5.41, 5.74) is 4.08. The maximum Gasteiger partial charge on any atom is 0.257 e. The second-order valence-electron chi connectivity index (χ2n) is 8.07. The highest BCUT2D eigenvalue weighted by Gasteiger charge is 2.52. The van der Waals surface area contributed by atoms with Gasteiger partial charge >= 0.3 is 0 Å². The lowest BCUT2D eigenvalue weighted by molar-refractivity contribution is -0.120. The summed E-state index contributed by atoms with van der Waals surface area (Å²) < 4.78 is 0. The fourth-order valence-electron chi connectivity index (χ4n) is 4.92. The lowest BCUT2D eigenvalue weighted by Gasteiger charge is -2.40. The Balaban J connectivity index is 1.80. The molecule has 156 valence electrons. The van der Waals surface area contributed by atoms with Crippen molar-refractivity contribution in [2.45, 2.75) is 12.3 Å². The van der Waals surface area contributed by atoms with Crippen LogP contribution in [0.3, 0.4) is 0 Å². The van der Waals surface area contributed by atoms with Crippen molar-refractivity contribution in [2.75, 3.05) is 5.01 Å².